The highest BCUT2D eigenvalue weighted by Crippen LogP contribution is 2.51. The molecule has 0 bridgehead atoms. The van der Waals surface area contributed by atoms with Crippen LogP contribution in [-0.2, 0) is 14.3 Å². The van der Waals surface area contributed by atoms with Gasteiger partial charge in [0.25, 0.3) is 0 Å². The zero-order chi connectivity index (χ0) is 26.9. The molecule has 3 heterocycles. The number of carbonyl (C=O) groups excluding carboxylic acids is 1. The SMILES string of the molecule is [2H]C([3H])OC[C@H]1O[C@@H](n2cc3c(nc2=O)N(C(=O)C(F)(F)F)c2c(OCCCC)cccc2O3)C[C@H]1O. The molecule has 35 heavy (non-hydrogen) atoms. The van der Waals surface area contributed by atoms with Gasteiger partial charge in [-0.3, -0.25) is 9.36 Å². The third-order valence-electron chi connectivity index (χ3n) is 5.49. The molecule has 0 spiro atoms. The Kier molecular flexibility index (Phi) is 6.27. The first-order valence-electron chi connectivity index (χ1n) is 11.9. The number of nitrogens with zero attached hydrogens (tertiary/aromatic N) is 3. The van der Waals surface area contributed by atoms with Gasteiger partial charge in [0.05, 0.1) is 28.3 Å². The van der Waals surface area contributed by atoms with Crippen LogP contribution in [0, 0.1) is 0 Å². The molecule has 1 fully saturated rings. The zero-order valence-electron chi connectivity index (χ0n) is 20.5. The van der Waals surface area contributed by atoms with Crippen molar-refractivity contribution >= 4 is 17.4 Å². The molecule has 0 saturated carbocycles. The maximum absolute atomic E-state index is 13.6. The number of aliphatic hydroxyl groups excluding tert-OH is 1. The Morgan fingerprint density at radius 3 is 2.94 bits per heavy atom. The highest BCUT2D eigenvalue weighted by atomic mass is 19.4. The lowest BCUT2D eigenvalue weighted by Crippen LogP contribution is -2.41. The number of unbranched alkanes of at least 4 members (excludes halogenated alkanes) is 1. The van der Waals surface area contributed by atoms with E-state index in [1.54, 1.807) is 0 Å². The van der Waals surface area contributed by atoms with Crippen molar-refractivity contribution in [3.8, 4) is 17.2 Å². The molecule has 190 valence electrons. The summed E-state index contributed by atoms with van der Waals surface area (Å²) in [5, 5.41) is 10.2. The summed E-state index contributed by atoms with van der Waals surface area (Å²) in [5.41, 5.74) is -1.39. The Morgan fingerprint density at radius 1 is 1.43 bits per heavy atom. The van der Waals surface area contributed by atoms with Crippen LogP contribution in [0.4, 0.5) is 24.7 Å². The molecule has 1 saturated heterocycles. The number of ether oxygens (including phenoxy) is 4. The Bertz CT molecular complexity index is 1210. The monoisotopic (exact) mass is 502 g/mol. The number of alkyl halides is 3. The number of hydrogen-bond donors (Lipinski definition) is 1. The number of benzene rings is 1. The number of rotatable bonds is 7. The average molecular weight is 502 g/mol. The van der Waals surface area contributed by atoms with Gasteiger partial charge in [-0.1, -0.05) is 19.4 Å². The molecular weight excluding hydrogens is 475 g/mol. The Labute approximate surface area is 200 Å². The van der Waals surface area contributed by atoms with Crippen LogP contribution in [-0.4, -0.2) is 59.2 Å². The second-order valence-electron chi connectivity index (χ2n) is 7.93. The van der Waals surface area contributed by atoms with Gasteiger partial charge in [0.2, 0.25) is 0 Å². The van der Waals surface area contributed by atoms with Crippen LogP contribution in [0.2, 0.25) is 0 Å². The van der Waals surface area contributed by atoms with E-state index in [2.05, 4.69) is 4.98 Å². The number of para-hydroxylation sites is 1. The lowest BCUT2D eigenvalue weighted by molar-refractivity contribution is -0.169. The van der Waals surface area contributed by atoms with Crippen LogP contribution < -0.4 is 20.1 Å². The van der Waals surface area contributed by atoms with Gasteiger partial charge in [-0.2, -0.15) is 18.2 Å². The van der Waals surface area contributed by atoms with Gasteiger partial charge in [-0.05, 0) is 18.6 Å². The van der Waals surface area contributed by atoms with E-state index in [-0.39, 0.29) is 47.5 Å². The second kappa shape index (κ2) is 9.84. The maximum Gasteiger partial charge on any atom is 0.472 e. The van der Waals surface area contributed by atoms with E-state index in [4.69, 9.17) is 21.7 Å². The fraction of sp³-hybridized carbons (Fsp3) is 0.500. The molecule has 2 aliphatic heterocycles. The lowest BCUT2D eigenvalue weighted by atomic mass is 10.2. The van der Waals surface area contributed by atoms with Crippen molar-refractivity contribution in [3.05, 3.63) is 34.9 Å². The third kappa shape index (κ3) is 4.83. The van der Waals surface area contributed by atoms with Gasteiger partial charge >= 0.3 is 17.8 Å². The van der Waals surface area contributed by atoms with E-state index in [1.165, 1.54) is 18.2 Å². The van der Waals surface area contributed by atoms with E-state index < -0.39 is 49.1 Å². The molecular formula is C22H24F3N3O7. The fourth-order valence-electron chi connectivity index (χ4n) is 3.81. The summed E-state index contributed by atoms with van der Waals surface area (Å²) in [6, 6.07) is 4.21. The lowest BCUT2D eigenvalue weighted by Gasteiger charge is -2.32. The number of halogens is 3. The predicted octanol–water partition coefficient (Wildman–Crippen LogP) is 3.05. The van der Waals surface area contributed by atoms with Crippen molar-refractivity contribution in [2.24, 2.45) is 0 Å². The number of fused-ring (bicyclic) bond motifs is 2. The molecule has 10 nitrogen and oxygen atoms in total. The summed E-state index contributed by atoms with van der Waals surface area (Å²) in [6.07, 6.45) is -6.15. The van der Waals surface area contributed by atoms with E-state index in [1.807, 2.05) is 6.92 Å². The quantitative estimate of drug-likeness (QED) is 0.575. The highest BCUT2D eigenvalue weighted by molar-refractivity contribution is 6.07. The summed E-state index contributed by atoms with van der Waals surface area (Å²) >= 11 is 0. The van der Waals surface area contributed by atoms with Crippen LogP contribution >= 0.6 is 0 Å². The molecule has 1 amide bonds. The number of aliphatic hydroxyl groups is 1. The van der Waals surface area contributed by atoms with Crippen LogP contribution in [0.1, 0.15) is 35.2 Å². The minimum atomic E-state index is -5.31. The highest BCUT2D eigenvalue weighted by Gasteiger charge is 2.48. The standard InChI is InChI=1S/C22H24F3N3O7/c1-3-4-8-33-13-6-5-7-14-18(13)28(20(30)22(23,24)25)19-15(34-14)10-27(21(31)26-19)17-9-12(29)16(35-17)11-32-2/h5-7,10,12,16-17,29H,3-4,8-9,11H2,1-2H3/t12-,16-,17-/m1/s1/i2TD/t2?,12-,16-,17-. The van der Waals surface area contributed by atoms with Gasteiger partial charge in [0.1, 0.15) is 23.8 Å². The van der Waals surface area contributed by atoms with Crippen molar-refractivity contribution in [3.63, 3.8) is 0 Å². The molecule has 13 heteroatoms. The van der Waals surface area contributed by atoms with Crippen molar-refractivity contribution in [2.45, 2.75) is 50.8 Å². The van der Waals surface area contributed by atoms with Gasteiger partial charge < -0.3 is 24.1 Å². The van der Waals surface area contributed by atoms with E-state index in [0.717, 1.165) is 17.2 Å². The summed E-state index contributed by atoms with van der Waals surface area (Å²) in [6.45, 7) is 1.79. The normalized spacial score (nSPS) is 23.0. The van der Waals surface area contributed by atoms with Crippen LogP contribution in [0.15, 0.2) is 29.2 Å². The van der Waals surface area contributed by atoms with Gasteiger partial charge in [-0.15, -0.1) is 0 Å². The average Bonchev–Trinajstić information content (AvgIpc) is 3.20. The van der Waals surface area contributed by atoms with Crippen molar-refractivity contribution in [2.75, 3.05) is 25.2 Å². The van der Waals surface area contributed by atoms with Crippen molar-refractivity contribution in [1.82, 2.24) is 9.55 Å². The Hall–Kier alpha value is -3.16. The summed E-state index contributed by atoms with van der Waals surface area (Å²) in [7, 11) is -1.61. The van der Waals surface area contributed by atoms with E-state index >= 15 is 0 Å². The third-order valence-corrected chi connectivity index (χ3v) is 5.49. The number of anilines is 2. The van der Waals surface area contributed by atoms with E-state index in [0.29, 0.717) is 6.42 Å². The smallest absolute Gasteiger partial charge is 0.472 e. The Balaban J connectivity index is 1.73. The maximum atomic E-state index is 13.6. The molecule has 2 aromatic rings. The summed E-state index contributed by atoms with van der Waals surface area (Å²) in [5.74, 6) is -3.47. The van der Waals surface area contributed by atoms with Gasteiger partial charge in [0.15, 0.2) is 17.3 Å². The minimum Gasteiger partial charge on any atom is -0.491 e. The van der Waals surface area contributed by atoms with Crippen LogP contribution in [0.3, 0.4) is 0 Å². The summed E-state index contributed by atoms with van der Waals surface area (Å²) < 4.78 is 77.8. The van der Waals surface area contributed by atoms with Crippen LogP contribution in [0.25, 0.3) is 0 Å². The first kappa shape index (κ1) is 22.3. The number of aromatic nitrogens is 2. The molecule has 0 aliphatic carbocycles. The first-order chi connectivity index (χ1) is 17.5. The predicted molar refractivity (Wildman–Crippen MR) is 115 cm³/mol. The zero-order valence-corrected chi connectivity index (χ0v) is 18.5. The topological polar surface area (TPSA) is 112 Å². The van der Waals surface area contributed by atoms with Gasteiger partial charge in [0, 0.05) is 13.5 Å². The molecule has 1 aromatic heterocycles. The number of hydrogen-bond acceptors (Lipinski definition) is 8. The second-order valence-corrected chi connectivity index (χ2v) is 7.93. The summed E-state index contributed by atoms with van der Waals surface area (Å²) in [4.78, 5) is 29.4. The number of amides is 1. The molecule has 1 N–H and O–H groups in total. The molecule has 1 aromatic carbocycles. The largest absolute Gasteiger partial charge is 0.491 e. The van der Waals surface area contributed by atoms with Crippen molar-refractivity contribution in [1.29, 1.82) is 0 Å². The number of carbonyl (C=O) groups is 1. The number of methoxy groups -OCH3 is 1. The van der Waals surface area contributed by atoms with Crippen LogP contribution in [0.5, 0.6) is 17.2 Å². The van der Waals surface area contributed by atoms with Crippen molar-refractivity contribution < 1.29 is 44.8 Å². The molecule has 0 radical (unpaired) electrons. The molecule has 2 aliphatic rings. The first-order valence-corrected chi connectivity index (χ1v) is 10.8. The molecule has 4 rings (SSSR count). The fourth-order valence-corrected chi connectivity index (χ4v) is 3.81. The van der Waals surface area contributed by atoms with Gasteiger partial charge in [-0.25, -0.2) is 9.69 Å². The molecule has 4 atom stereocenters. The van der Waals surface area contributed by atoms with E-state index in [9.17, 15) is 27.9 Å². The Morgan fingerprint density at radius 2 is 2.23 bits per heavy atom. The minimum absolute atomic E-state index is 0.0487. The molecule has 1 unspecified atom stereocenters.